The lowest BCUT2D eigenvalue weighted by molar-refractivity contribution is -0.132. The summed E-state index contributed by atoms with van der Waals surface area (Å²) in [5.41, 5.74) is 2.33. The van der Waals surface area contributed by atoms with Crippen molar-refractivity contribution in [3.63, 3.8) is 0 Å². The van der Waals surface area contributed by atoms with E-state index in [4.69, 9.17) is 11.6 Å². The number of carbonyl (C=O) groups excluding carboxylic acids is 1. The highest BCUT2D eigenvalue weighted by atomic mass is 35.5. The summed E-state index contributed by atoms with van der Waals surface area (Å²) >= 11 is 6.03. The lowest BCUT2D eigenvalue weighted by Crippen LogP contribution is -2.30. The molecule has 1 amide bonds. The van der Waals surface area contributed by atoms with Gasteiger partial charge >= 0.3 is 0 Å². The van der Waals surface area contributed by atoms with Crippen molar-refractivity contribution in [1.29, 1.82) is 0 Å². The van der Waals surface area contributed by atoms with Gasteiger partial charge in [0.2, 0.25) is 5.91 Å². The summed E-state index contributed by atoms with van der Waals surface area (Å²) in [5, 5.41) is 0.734. The number of benzene rings is 2. The highest BCUT2D eigenvalue weighted by molar-refractivity contribution is 6.30. The molecule has 1 fully saturated rings. The molecule has 1 aliphatic heterocycles. The molecule has 2 nitrogen and oxygen atoms in total. The van der Waals surface area contributed by atoms with E-state index in [0.29, 0.717) is 0 Å². The van der Waals surface area contributed by atoms with Crippen LogP contribution in [0.2, 0.25) is 5.02 Å². The lowest BCUT2D eigenvalue weighted by Gasteiger charge is -2.25. The van der Waals surface area contributed by atoms with Gasteiger partial charge in [-0.05, 0) is 43.0 Å². The van der Waals surface area contributed by atoms with Crippen LogP contribution in [0.5, 0.6) is 0 Å². The van der Waals surface area contributed by atoms with Gasteiger partial charge in [-0.2, -0.15) is 0 Å². The average Bonchev–Trinajstić information content (AvgIpc) is 2.89. The Morgan fingerprint density at radius 1 is 1.18 bits per heavy atom. The molecule has 2 atom stereocenters. The van der Waals surface area contributed by atoms with Gasteiger partial charge in [-0.1, -0.05) is 54.1 Å². The second-order valence-electron chi connectivity index (χ2n) is 5.94. The number of carbonyl (C=O) groups is 1. The standard InChI is InChI=1S/C19H20ClNO/c1-14(16-7-3-2-4-8-16)21-11-10-17(19(21)22)12-15-6-5-9-18(20)13-15/h2-9,13-14,17H,10-12H2,1H3/t14-,17+/m1/s1. The van der Waals surface area contributed by atoms with E-state index in [0.717, 1.165) is 30.0 Å². The van der Waals surface area contributed by atoms with Gasteiger partial charge in [-0.15, -0.1) is 0 Å². The fourth-order valence-corrected chi connectivity index (χ4v) is 3.41. The second kappa shape index (κ2) is 6.53. The lowest BCUT2D eigenvalue weighted by atomic mass is 9.98. The minimum absolute atomic E-state index is 0.0737. The quantitative estimate of drug-likeness (QED) is 0.814. The average molecular weight is 314 g/mol. The molecule has 0 saturated carbocycles. The van der Waals surface area contributed by atoms with E-state index in [2.05, 4.69) is 19.1 Å². The van der Waals surface area contributed by atoms with E-state index in [-0.39, 0.29) is 17.9 Å². The summed E-state index contributed by atoms with van der Waals surface area (Å²) in [6, 6.07) is 18.2. The van der Waals surface area contributed by atoms with Gasteiger partial charge in [0.1, 0.15) is 0 Å². The first-order chi connectivity index (χ1) is 10.6. The molecule has 22 heavy (non-hydrogen) atoms. The van der Waals surface area contributed by atoms with Crippen molar-refractivity contribution in [2.45, 2.75) is 25.8 Å². The molecule has 3 rings (SSSR count). The molecule has 1 aliphatic rings. The predicted octanol–water partition coefficient (Wildman–Crippen LogP) is 4.49. The van der Waals surface area contributed by atoms with Gasteiger partial charge in [0.15, 0.2) is 0 Å². The SMILES string of the molecule is C[C@H](c1ccccc1)N1CC[C@@H](Cc2cccc(Cl)c2)C1=O. The monoisotopic (exact) mass is 313 g/mol. The van der Waals surface area contributed by atoms with Crippen molar-refractivity contribution in [3.8, 4) is 0 Å². The molecule has 2 aromatic carbocycles. The maximum absolute atomic E-state index is 12.7. The number of hydrogen-bond donors (Lipinski definition) is 0. The second-order valence-corrected chi connectivity index (χ2v) is 6.37. The van der Waals surface area contributed by atoms with Crippen molar-refractivity contribution in [2.75, 3.05) is 6.54 Å². The molecule has 0 unspecified atom stereocenters. The number of halogens is 1. The minimum Gasteiger partial charge on any atom is -0.336 e. The fourth-order valence-electron chi connectivity index (χ4n) is 3.20. The third-order valence-electron chi connectivity index (χ3n) is 4.47. The third kappa shape index (κ3) is 3.17. The maximum Gasteiger partial charge on any atom is 0.226 e. The smallest absolute Gasteiger partial charge is 0.226 e. The number of hydrogen-bond acceptors (Lipinski definition) is 1. The normalized spacial score (nSPS) is 19.5. The molecule has 1 heterocycles. The molecule has 114 valence electrons. The van der Waals surface area contributed by atoms with E-state index in [1.807, 2.05) is 47.4 Å². The maximum atomic E-state index is 12.7. The highest BCUT2D eigenvalue weighted by Crippen LogP contribution is 2.30. The molecule has 2 aromatic rings. The summed E-state index contributed by atoms with van der Waals surface area (Å²) in [4.78, 5) is 14.7. The van der Waals surface area contributed by atoms with Gasteiger partial charge in [-0.25, -0.2) is 0 Å². The topological polar surface area (TPSA) is 20.3 Å². The van der Waals surface area contributed by atoms with Crippen LogP contribution in [-0.4, -0.2) is 17.4 Å². The molecule has 0 bridgehead atoms. The van der Waals surface area contributed by atoms with Crippen molar-refractivity contribution in [1.82, 2.24) is 4.90 Å². The Morgan fingerprint density at radius 3 is 2.68 bits per heavy atom. The van der Waals surface area contributed by atoms with E-state index in [1.54, 1.807) is 0 Å². The molecule has 3 heteroatoms. The zero-order valence-corrected chi connectivity index (χ0v) is 13.5. The zero-order valence-electron chi connectivity index (χ0n) is 12.7. The van der Waals surface area contributed by atoms with Crippen LogP contribution < -0.4 is 0 Å². The zero-order chi connectivity index (χ0) is 15.5. The molecule has 0 radical (unpaired) electrons. The van der Waals surface area contributed by atoms with Gasteiger partial charge in [0, 0.05) is 17.5 Å². The number of likely N-dealkylation sites (tertiary alicyclic amines) is 1. The van der Waals surface area contributed by atoms with Gasteiger partial charge in [0.05, 0.1) is 6.04 Å². The fraction of sp³-hybridized carbons (Fsp3) is 0.316. The largest absolute Gasteiger partial charge is 0.336 e. The molecular formula is C19H20ClNO. The van der Waals surface area contributed by atoms with Crippen LogP contribution in [0.1, 0.15) is 30.5 Å². The van der Waals surface area contributed by atoms with Crippen LogP contribution in [-0.2, 0) is 11.2 Å². The summed E-state index contributed by atoms with van der Waals surface area (Å²) in [5.74, 6) is 0.334. The number of amides is 1. The van der Waals surface area contributed by atoms with Crippen molar-refractivity contribution in [2.24, 2.45) is 5.92 Å². The summed E-state index contributed by atoms with van der Waals surface area (Å²) < 4.78 is 0. The Bertz CT molecular complexity index is 655. The number of nitrogens with zero attached hydrogens (tertiary/aromatic N) is 1. The molecule has 0 N–H and O–H groups in total. The Labute approximate surface area is 136 Å². The van der Waals surface area contributed by atoms with Crippen LogP contribution in [0.4, 0.5) is 0 Å². The number of rotatable bonds is 4. The first kappa shape index (κ1) is 15.1. The van der Waals surface area contributed by atoms with E-state index in [1.165, 1.54) is 5.56 Å². The van der Waals surface area contributed by atoms with Crippen LogP contribution in [0.25, 0.3) is 0 Å². The molecule has 0 spiro atoms. The molecular weight excluding hydrogens is 294 g/mol. The molecule has 0 aliphatic carbocycles. The Morgan fingerprint density at radius 2 is 1.95 bits per heavy atom. The van der Waals surface area contributed by atoms with Gasteiger partial charge in [-0.3, -0.25) is 4.79 Å². The van der Waals surface area contributed by atoms with Crippen LogP contribution in [0, 0.1) is 5.92 Å². The first-order valence-electron chi connectivity index (χ1n) is 7.75. The minimum atomic E-state index is 0.0737. The third-order valence-corrected chi connectivity index (χ3v) is 4.71. The van der Waals surface area contributed by atoms with E-state index < -0.39 is 0 Å². The van der Waals surface area contributed by atoms with Crippen molar-refractivity contribution < 1.29 is 4.79 Å². The highest BCUT2D eigenvalue weighted by Gasteiger charge is 2.34. The van der Waals surface area contributed by atoms with Crippen molar-refractivity contribution in [3.05, 3.63) is 70.7 Å². The van der Waals surface area contributed by atoms with Crippen LogP contribution in [0.3, 0.4) is 0 Å². The molecule has 1 saturated heterocycles. The van der Waals surface area contributed by atoms with Crippen molar-refractivity contribution >= 4 is 17.5 Å². The Balaban J connectivity index is 1.70. The molecule has 0 aromatic heterocycles. The van der Waals surface area contributed by atoms with Gasteiger partial charge < -0.3 is 4.90 Å². The first-order valence-corrected chi connectivity index (χ1v) is 8.13. The van der Waals surface area contributed by atoms with E-state index >= 15 is 0 Å². The summed E-state index contributed by atoms with van der Waals surface area (Å²) in [7, 11) is 0. The van der Waals surface area contributed by atoms with Crippen LogP contribution in [0.15, 0.2) is 54.6 Å². The predicted molar refractivity (Wildman–Crippen MR) is 89.8 cm³/mol. The Kier molecular flexibility index (Phi) is 4.49. The Hall–Kier alpha value is -1.80. The van der Waals surface area contributed by atoms with E-state index in [9.17, 15) is 4.79 Å². The summed E-state index contributed by atoms with van der Waals surface area (Å²) in [6.07, 6.45) is 1.69. The van der Waals surface area contributed by atoms with Gasteiger partial charge in [0.25, 0.3) is 0 Å². The van der Waals surface area contributed by atoms with Crippen LogP contribution >= 0.6 is 11.6 Å². The summed E-state index contributed by atoms with van der Waals surface area (Å²) in [6.45, 7) is 2.94.